The van der Waals surface area contributed by atoms with Crippen molar-refractivity contribution in [3.05, 3.63) is 87.6 Å². The summed E-state index contributed by atoms with van der Waals surface area (Å²) in [6.07, 6.45) is 0. The quantitative estimate of drug-likeness (QED) is 0.602. The highest BCUT2D eigenvalue weighted by Crippen LogP contribution is 2.14. The second kappa shape index (κ2) is 9.99. The van der Waals surface area contributed by atoms with Crippen LogP contribution in [0, 0.1) is 12.7 Å². The van der Waals surface area contributed by atoms with Crippen molar-refractivity contribution in [1.82, 2.24) is 20.0 Å². The van der Waals surface area contributed by atoms with Crippen LogP contribution in [0.2, 0.25) is 0 Å². The number of aryl methyl sites for hydroxylation is 1. The van der Waals surface area contributed by atoms with E-state index in [0.29, 0.717) is 18.1 Å². The summed E-state index contributed by atoms with van der Waals surface area (Å²) in [5.74, 6) is -0.433. The van der Waals surface area contributed by atoms with Gasteiger partial charge in [-0.25, -0.2) is 9.07 Å². The third kappa shape index (κ3) is 5.76. The third-order valence-corrected chi connectivity index (χ3v) is 4.56. The van der Waals surface area contributed by atoms with E-state index < -0.39 is 17.2 Å². The number of rotatable bonds is 8. The Bertz CT molecular complexity index is 1130. The zero-order valence-corrected chi connectivity index (χ0v) is 17.8. The van der Waals surface area contributed by atoms with Gasteiger partial charge in [0, 0.05) is 24.8 Å². The summed E-state index contributed by atoms with van der Waals surface area (Å²) < 4.78 is 21.1. The van der Waals surface area contributed by atoms with Crippen LogP contribution in [0.5, 0.6) is 5.75 Å². The van der Waals surface area contributed by atoms with Gasteiger partial charge < -0.3 is 15.0 Å². The standard InChI is InChI=1S/C23H25FN4O3/c1-16-13-21(29)22(26-28(16)20-10-5-4-9-19(20)24)23(30)25-15-17-7-6-8-18(14-17)31-12-11-27(2)3/h4-10,13-14H,11-12,15H2,1-3H3,(H,25,30). The first-order chi connectivity index (χ1) is 14.8. The number of hydrogen-bond acceptors (Lipinski definition) is 5. The second-order valence-corrected chi connectivity index (χ2v) is 7.34. The first-order valence-corrected chi connectivity index (χ1v) is 9.85. The molecular formula is C23H25FN4O3. The Morgan fingerprint density at radius 2 is 1.94 bits per heavy atom. The van der Waals surface area contributed by atoms with Gasteiger partial charge in [0.05, 0.1) is 0 Å². The second-order valence-electron chi connectivity index (χ2n) is 7.34. The first-order valence-electron chi connectivity index (χ1n) is 9.85. The van der Waals surface area contributed by atoms with Gasteiger partial charge in [0.15, 0.2) is 5.69 Å². The monoisotopic (exact) mass is 424 g/mol. The van der Waals surface area contributed by atoms with Crippen LogP contribution in [-0.4, -0.2) is 47.8 Å². The van der Waals surface area contributed by atoms with Crippen molar-refractivity contribution in [2.24, 2.45) is 0 Å². The normalized spacial score (nSPS) is 10.9. The van der Waals surface area contributed by atoms with Gasteiger partial charge in [-0.1, -0.05) is 24.3 Å². The van der Waals surface area contributed by atoms with E-state index >= 15 is 0 Å². The molecular weight excluding hydrogens is 399 g/mol. The topological polar surface area (TPSA) is 76.5 Å². The van der Waals surface area contributed by atoms with Crippen LogP contribution >= 0.6 is 0 Å². The van der Waals surface area contributed by atoms with E-state index in [1.807, 2.05) is 43.3 Å². The number of aromatic nitrogens is 2. The molecule has 0 spiro atoms. The molecule has 0 radical (unpaired) electrons. The van der Waals surface area contributed by atoms with Crippen molar-refractivity contribution in [3.8, 4) is 11.4 Å². The average molecular weight is 424 g/mol. The number of carbonyl (C=O) groups is 1. The molecule has 0 fully saturated rings. The highest BCUT2D eigenvalue weighted by molar-refractivity contribution is 5.92. The molecule has 1 aromatic heterocycles. The van der Waals surface area contributed by atoms with E-state index in [1.165, 1.54) is 22.9 Å². The Morgan fingerprint density at radius 1 is 1.16 bits per heavy atom. The number of likely N-dealkylation sites (N-methyl/N-ethyl adjacent to an activating group) is 1. The lowest BCUT2D eigenvalue weighted by Crippen LogP contribution is -2.31. The lowest BCUT2D eigenvalue weighted by molar-refractivity contribution is 0.0942. The maximum absolute atomic E-state index is 14.2. The molecule has 31 heavy (non-hydrogen) atoms. The molecule has 162 valence electrons. The molecule has 3 aromatic rings. The minimum absolute atomic E-state index is 0.164. The van der Waals surface area contributed by atoms with Gasteiger partial charge in [-0.3, -0.25) is 9.59 Å². The van der Waals surface area contributed by atoms with Crippen LogP contribution in [0.4, 0.5) is 4.39 Å². The molecule has 2 aromatic carbocycles. The predicted octanol–water partition coefficient (Wildman–Crippen LogP) is 2.55. The number of amides is 1. The van der Waals surface area contributed by atoms with Crippen molar-refractivity contribution in [3.63, 3.8) is 0 Å². The molecule has 0 aliphatic rings. The molecule has 1 amide bonds. The number of ether oxygens (including phenoxy) is 1. The molecule has 0 saturated heterocycles. The highest BCUT2D eigenvalue weighted by atomic mass is 19.1. The van der Waals surface area contributed by atoms with E-state index in [9.17, 15) is 14.0 Å². The van der Waals surface area contributed by atoms with Gasteiger partial charge in [0.1, 0.15) is 23.9 Å². The summed E-state index contributed by atoms with van der Waals surface area (Å²) in [6.45, 7) is 3.16. The fourth-order valence-electron chi connectivity index (χ4n) is 2.93. The molecule has 3 rings (SSSR count). The number of para-hydroxylation sites is 1. The van der Waals surface area contributed by atoms with E-state index in [4.69, 9.17) is 4.74 Å². The van der Waals surface area contributed by atoms with Gasteiger partial charge in [-0.2, -0.15) is 5.10 Å². The van der Waals surface area contributed by atoms with Crippen molar-refractivity contribution >= 4 is 5.91 Å². The molecule has 0 bridgehead atoms. The van der Waals surface area contributed by atoms with Crippen LogP contribution in [0.15, 0.2) is 59.4 Å². The number of nitrogens with one attached hydrogen (secondary N) is 1. The molecule has 1 heterocycles. The van der Waals surface area contributed by atoms with E-state index in [0.717, 1.165) is 12.1 Å². The van der Waals surface area contributed by atoms with Crippen LogP contribution in [0.3, 0.4) is 0 Å². The molecule has 0 unspecified atom stereocenters. The Hall–Kier alpha value is -3.52. The van der Waals surface area contributed by atoms with E-state index in [2.05, 4.69) is 10.4 Å². The van der Waals surface area contributed by atoms with Gasteiger partial charge in [-0.05, 0) is 50.8 Å². The molecule has 7 nitrogen and oxygen atoms in total. The molecule has 1 N–H and O–H groups in total. The van der Waals surface area contributed by atoms with Gasteiger partial charge >= 0.3 is 0 Å². The van der Waals surface area contributed by atoms with Gasteiger partial charge in [0.2, 0.25) is 5.43 Å². The van der Waals surface area contributed by atoms with Gasteiger partial charge in [0.25, 0.3) is 5.91 Å². The molecule has 0 saturated carbocycles. The summed E-state index contributed by atoms with van der Waals surface area (Å²) >= 11 is 0. The summed E-state index contributed by atoms with van der Waals surface area (Å²) in [7, 11) is 3.93. The number of halogens is 1. The predicted molar refractivity (Wildman–Crippen MR) is 116 cm³/mol. The largest absolute Gasteiger partial charge is 0.492 e. The average Bonchev–Trinajstić information content (AvgIpc) is 2.73. The zero-order valence-electron chi connectivity index (χ0n) is 17.8. The van der Waals surface area contributed by atoms with Crippen molar-refractivity contribution < 1.29 is 13.9 Å². The number of benzene rings is 2. The van der Waals surface area contributed by atoms with Crippen molar-refractivity contribution in [2.45, 2.75) is 13.5 Å². The highest BCUT2D eigenvalue weighted by Gasteiger charge is 2.16. The van der Waals surface area contributed by atoms with Crippen LogP contribution in [0.1, 0.15) is 21.7 Å². The SMILES string of the molecule is Cc1cc(=O)c(C(=O)NCc2cccc(OCCN(C)C)c2)nn1-c1ccccc1F. The number of carbonyl (C=O) groups excluding carboxylic acids is 1. The smallest absolute Gasteiger partial charge is 0.276 e. The first kappa shape index (κ1) is 22.2. The van der Waals surface area contributed by atoms with Crippen LogP contribution < -0.4 is 15.5 Å². The Labute approximate surface area is 180 Å². The van der Waals surface area contributed by atoms with Crippen molar-refractivity contribution in [1.29, 1.82) is 0 Å². The lowest BCUT2D eigenvalue weighted by atomic mass is 10.2. The Kier molecular flexibility index (Phi) is 7.15. The minimum atomic E-state index is -0.631. The minimum Gasteiger partial charge on any atom is -0.492 e. The molecule has 0 aliphatic carbocycles. The fraction of sp³-hybridized carbons (Fsp3) is 0.261. The number of nitrogens with zero attached hydrogens (tertiary/aromatic N) is 3. The molecule has 8 heteroatoms. The van der Waals surface area contributed by atoms with E-state index in [1.54, 1.807) is 19.1 Å². The van der Waals surface area contributed by atoms with Crippen molar-refractivity contribution in [2.75, 3.05) is 27.2 Å². The molecule has 0 atom stereocenters. The van der Waals surface area contributed by atoms with Crippen LogP contribution in [-0.2, 0) is 6.54 Å². The van der Waals surface area contributed by atoms with Gasteiger partial charge in [-0.15, -0.1) is 0 Å². The summed E-state index contributed by atoms with van der Waals surface area (Å²) in [6, 6.07) is 14.7. The van der Waals surface area contributed by atoms with Crippen LogP contribution in [0.25, 0.3) is 5.69 Å². The number of hydrogen-bond donors (Lipinski definition) is 1. The fourth-order valence-corrected chi connectivity index (χ4v) is 2.93. The third-order valence-electron chi connectivity index (χ3n) is 4.56. The zero-order chi connectivity index (χ0) is 22.4. The summed E-state index contributed by atoms with van der Waals surface area (Å²) in [5.41, 5.74) is 0.582. The van der Waals surface area contributed by atoms with E-state index in [-0.39, 0.29) is 17.9 Å². The Morgan fingerprint density at radius 3 is 2.68 bits per heavy atom. The maximum Gasteiger partial charge on any atom is 0.276 e. The molecule has 0 aliphatic heterocycles. The lowest BCUT2D eigenvalue weighted by Gasteiger charge is -2.13. The summed E-state index contributed by atoms with van der Waals surface area (Å²) in [5, 5.41) is 6.81. The maximum atomic E-state index is 14.2. The summed E-state index contributed by atoms with van der Waals surface area (Å²) in [4.78, 5) is 27.0. The Balaban J connectivity index is 1.73.